The fraction of sp³-hybridized carbons (Fsp3) is 0.667. The summed E-state index contributed by atoms with van der Waals surface area (Å²) in [5, 5.41) is 15.0. The minimum absolute atomic E-state index is 0.0932. The predicted octanol–water partition coefficient (Wildman–Crippen LogP) is -0.996. The van der Waals surface area contributed by atoms with Crippen LogP contribution in [0.15, 0.2) is 6.20 Å². The number of aliphatic hydroxyl groups is 1. The SMILES string of the molecule is CCNC(=O)CNCC(O)COc1cnsn1. The second-order valence-corrected chi connectivity index (χ2v) is 3.85. The molecule has 1 aromatic rings. The van der Waals surface area contributed by atoms with Crippen LogP contribution in [-0.4, -0.2) is 52.1 Å². The molecule has 1 rings (SSSR count). The highest BCUT2D eigenvalue weighted by atomic mass is 32.1. The highest BCUT2D eigenvalue weighted by Gasteiger charge is 2.07. The van der Waals surface area contributed by atoms with Crippen LogP contribution in [0, 0.1) is 0 Å². The Balaban J connectivity index is 2.05. The Morgan fingerprint density at radius 2 is 2.53 bits per heavy atom. The maximum atomic E-state index is 11.1. The van der Waals surface area contributed by atoms with E-state index in [4.69, 9.17) is 4.74 Å². The molecule has 0 spiro atoms. The van der Waals surface area contributed by atoms with Gasteiger partial charge in [-0.3, -0.25) is 4.79 Å². The molecule has 1 heterocycles. The fourth-order valence-electron chi connectivity index (χ4n) is 1.07. The Kier molecular flexibility index (Phi) is 6.45. The van der Waals surface area contributed by atoms with Crippen LogP contribution in [-0.2, 0) is 4.79 Å². The van der Waals surface area contributed by atoms with E-state index in [0.717, 1.165) is 11.7 Å². The summed E-state index contributed by atoms with van der Waals surface area (Å²) >= 11 is 1.04. The third-order valence-electron chi connectivity index (χ3n) is 1.80. The van der Waals surface area contributed by atoms with Crippen LogP contribution in [0.4, 0.5) is 0 Å². The van der Waals surface area contributed by atoms with Crippen molar-refractivity contribution in [3.05, 3.63) is 6.20 Å². The van der Waals surface area contributed by atoms with Crippen molar-refractivity contribution in [2.24, 2.45) is 0 Å². The molecule has 7 nitrogen and oxygen atoms in total. The molecule has 3 N–H and O–H groups in total. The van der Waals surface area contributed by atoms with Gasteiger partial charge in [0.25, 0.3) is 0 Å². The number of carbonyl (C=O) groups excluding carboxylic acids is 1. The third-order valence-corrected chi connectivity index (χ3v) is 2.27. The molecule has 1 atom stereocenters. The van der Waals surface area contributed by atoms with Gasteiger partial charge in [0.05, 0.1) is 18.3 Å². The maximum Gasteiger partial charge on any atom is 0.245 e. The molecule has 1 unspecified atom stereocenters. The first kappa shape index (κ1) is 13.8. The standard InChI is InChI=1S/C9H16N4O3S/c1-2-11-8(15)4-10-3-7(14)6-16-9-5-12-17-13-9/h5,7,10,14H,2-4,6H2,1H3,(H,11,15). The molecule has 1 amide bonds. The Morgan fingerprint density at radius 1 is 1.71 bits per heavy atom. The van der Waals surface area contributed by atoms with E-state index in [1.54, 1.807) is 0 Å². The van der Waals surface area contributed by atoms with E-state index in [9.17, 15) is 9.90 Å². The van der Waals surface area contributed by atoms with E-state index in [2.05, 4.69) is 19.4 Å². The van der Waals surface area contributed by atoms with Gasteiger partial charge in [-0.25, -0.2) is 0 Å². The summed E-state index contributed by atoms with van der Waals surface area (Å²) in [4.78, 5) is 11.1. The lowest BCUT2D eigenvalue weighted by Crippen LogP contribution is -2.38. The van der Waals surface area contributed by atoms with Crippen molar-refractivity contribution in [2.75, 3.05) is 26.2 Å². The van der Waals surface area contributed by atoms with Crippen molar-refractivity contribution in [3.63, 3.8) is 0 Å². The van der Waals surface area contributed by atoms with Gasteiger partial charge in [-0.1, -0.05) is 0 Å². The summed E-state index contributed by atoms with van der Waals surface area (Å²) in [5.74, 6) is 0.307. The summed E-state index contributed by atoms with van der Waals surface area (Å²) in [6.45, 7) is 3.04. The molecule has 0 fully saturated rings. The van der Waals surface area contributed by atoms with Gasteiger partial charge >= 0.3 is 0 Å². The van der Waals surface area contributed by atoms with Gasteiger partial charge in [0.1, 0.15) is 18.9 Å². The zero-order chi connectivity index (χ0) is 12.5. The zero-order valence-corrected chi connectivity index (χ0v) is 10.4. The Morgan fingerprint density at radius 3 is 3.18 bits per heavy atom. The normalized spacial score (nSPS) is 12.1. The van der Waals surface area contributed by atoms with Gasteiger partial charge in [-0.2, -0.15) is 4.37 Å². The van der Waals surface area contributed by atoms with E-state index in [-0.39, 0.29) is 25.6 Å². The van der Waals surface area contributed by atoms with Gasteiger partial charge in [-0.05, 0) is 6.92 Å². The van der Waals surface area contributed by atoms with Crippen LogP contribution in [0.1, 0.15) is 6.92 Å². The molecule has 0 aliphatic rings. The largest absolute Gasteiger partial charge is 0.473 e. The number of rotatable bonds is 8. The van der Waals surface area contributed by atoms with Gasteiger partial charge in [0, 0.05) is 13.1 Å². The number of nitrogens with zero attached hydrogens (tertiary/aromatic N) is 2. The molecule has 0 saturated heterocycles. The Hall–Kier alpha value is -1.25. The molecule has 0 saturated carbocycles. The van der Waals surface area contributed by atoms with Crippen molar-refractivity contribution < 1.29 is 14.6 Å². The smallest absolute Gasteiger partial charge is 0.245 e. The number of carbonyl (C=O) groups is 1. The van der Waals surface area contributed by atoms with E-state index < -0.39 is 6.10 Å². The van der Waals surface area contributed by atoms with Gasteiger partial charge in [0.2, 0.25) is 11.8 Å². The van der Waals surface area contributed by atoms with Crippen LogP contribution in [0.25, 0.3) is 0 Å². The lowest BCUT2D eigenvalue weighted by Gasteiger charge is -2.11. The van der Waals surface area contributed by atoms with Crippen molar-refractivity contribution in [1.82, 2.24) is 19.4 Å². The number of ether oxygens (including phenoxy) is 1. The summed E-state index contributed by atoms with van der Waals surface area (Å²) in [5.41, 5.74) is 0. The van der Waals surface area contributed by atoms with Crippen molar-refractivity contribution >= 4 is 17.6 Å². The van der Waals surface area contributed by atoms with Gasteiger partial charge < -0.3 is 20.5 Å². The molecular formula is C9H16N4O3S. The molecular weight excluding hydrogens is 244 g/mol. The number of aliphatic hydroxyl groups excluding tert-OH is 1. The fourth-order valence-corrected chi connectivity index (χ4v) is 1.44. The lowest BCUT2D eigenvalue weighted by atomic mass is 10.3. The first-order valence-corrected chi connectivity index (χ1v) is 6.01. The van der Waals surface area contributed by atoms with Crippen LogP contribution in [0.3, 0.4) is 0 Å². The highest BCUT2D eigenvalue weighted by Crippen LogP contribution is 2.04. The summed E-state index contributed by atoms with van der Waals surface area (Å²) in [6.07, 6.45) is 0.797. The minimum Gasteiger partial charge on any atom is -0.473 e. The zero-order valence-electron chi connectivity index (χ0n) is 9.55. The number of amides is 1. The molecule has 0 aliphatic carbocycles. The molecule has 96 valence electrons. The summed E-state index contributed by atoms with van der Waals surface area (Å²) < 4.78 is 12.8. The maximum absolute atomic E-state index is 11.1. The first-order chi connectivity index (χ1) is 8.22. The van der Waals surface area contributed by atoms with Crippen LogP contribution in [0.5, 0.6) is 5.88 Å². The molecule has 0 aromatic carbocycles. The second-order valence-electron chi connectivity index (χ2n) is 3.29. The number of aromatic nitrogens is 2. The molecule has 0 bridgehead atoms. The van der Waals surface area contributed by atoms with Crippen LogP contribution in [0.2, 0.25) is 0 Å². The average Bonchev–Trinajstić information content (AvgIpc) is 2.79. The minimum atomic E-state index is -0.689. The number of hydrogen-bond acceptors (Lipinski definition) is 7. The number of likely N-dealkylation sites (N-methyl/N-ethyl adjacent to an activating group) is 1. The topological polar surface area (TPSA) is 96.4 Å². The lowest BCUT2D eigenvalue weighted by molar-refractivity contribution is -0.120. The first-order valence-electron chi connectivity index (χ1n) is 5.28. The number of nitrogens with one attached hydrogen (secondary N) is 2. The highest BCUT2D eigenvalue weighted by molar-refractivity contribution is 6.99. The van der Waals surface area contributed by atoms with Gasteiger partial charge in [-0.15, -0.1) is 4.37 Å². The molecule has 17 heavy (non-hydrogen) atoms. The molecule has 1 aromatic heterocycles. The summed E-state index contributed by atoms with van der Waals surface area (Å²) in [7, 11) is 0. The van der Waals surface area contributed by atoms with Crippen molar-refractivity contribution in [1.29, 1.82) is 0 Å². The molecule has 8 heteroatoms. The number of hydrogen-bond donors (Lipinski definition) is 3. The van der Waals surface area contributed by atoms with Crippen molar-refractivity contribution in [3.8, 4) is 5.88 Å². The van der Waals surface area contributed by atoms with Crippen LogP contribution >= 0.6 is 11.7 Å². The average molecular weight is 260 g/mol. The van der Waals surface area contributed by atoms with E-state index in [0.29, 0.717) is 12.4 Å². The third kappa shape index (κ3) is 6.15. The van der Waals surface area contributed by atoms with Crippen LogP contribution < -0.4 is 15.4 Å². The van der Waals surface area contributed by atoms with E-state index in [1.807, 2.05) is 6.92 Å². The molecule has 0 aliphatic heterocycles. The Bertz CT molecular complexity index is 320. The predicted molar refractivity (Wildman–Crippen MR) is 63.0 cm³/mol. The summed E-state index contributed by atoms with van der Waals surface area (Å²) in [6, 6.07) is 0. The monoisotopic (exact) mass is 260 g/mol. The van der Waals surface area contributed by atoms with Crippen molar-refractivity contribution in [2.45, 2.75) is 13.0 Å². The van der Waals surface area contributed by atoms with Gasteiger partial charge in [0.15, 0.2) is 0 Å². The van der Waals surface area contributed by atoms with E-state index in [1.165, 1.54) is 6.20 Å². The quantitative estimate of drug-likeness (QED) is 0.555. The molecule has 0 radical (unpaired) electrons. The second kappa shape index (κ2) is 7.93. The van der Waals surface area contributed by atoms with E-state index >= 15 is 0 Å². The Labute approximate surface area is 104 Å².